The van der Waals surface area contributed by atoms with Gasteiger partial charge in [0.25, 0.3) is 5.91 Å². The fourth-order valence-electron chi connectivity index (χ4n) is 5.33. The number of thiophene rings is 1. The molecule has 0 bridgehead atoms. The lowest BCUT2D eigenvalue weighted by molar-refractivity contribution is 0.0920. The maximum atomic E-state index is 13.4. The smallest absolute Gasteiger partial charge is 0.331 e. The summed E-state index contributed by atoms with van der Waals surface area (Å²) in [7, 11) is 0. The SMILES string of the molecule is C=CC(=C)N1CCC[C@@H](NC(=O)c2sc3nccc4c3c2NC(=O)N4c2ccc(Cc3ccccc3)cc2)C1. The van der Waals surface area contributed by atoms with Crippen molar-refractivity contribution in [3.8, 4) is 0 Å². The van der Waals surface area contributed by atoms with E-state index in [0.29, 0.717) is 21.9 Å². The maximum absolute atomic E-state index is 13.4. The summed E-state index contributed by atoms with van der Waals surface area (Å²) in [6.07, 6.45) is 6.09. The average molecular weight is 536 g/mol. The number of pyridine rings is 1. The molecule has 196 valence electrons. The van der Waals surface area contributed by atoms with Crippen LogP contribution in [0.1, 0.15) is 33.6 Å². The first-order valence-electron chi connectivity index (χ1n) is 13.0. The average Bonchev–Trinajstić information content (AvgIpc) is 3.33. The number of hydrogen-bond donors (Lipinski definition) is 2. The lowest BCUT2D eigenvalue weighted by Crippen LogP contribution is -2.47. The number of anilines is 3. The molecule has 2 aliphatic rings. The Hall–Kier alpha value is -4.43. The van der Waals surface area contributed by atoms with Gasteiger partial charge in [-0.25, -0.2) is 9.78 Å². The number of aromatic nitrogens is 1. The molecule has 2 aromatic carbocycles. The number of rotatable bonds is 7. The van der Waals surface area contributed by atoms with Gasteiger partial charge in [0.2, 0.25) is 0 Å². The normalized spacial score (nSPS) is 16.6. The predicted octanol–water partition coefficient (Wildman–Crippen LogP) is 6.46. The molecule has 7 nitrogen and oxygen atoms in total. The van der Waals surface area contributed by atoms with Crippen molar-refractivity contribution in [3.05, 3.63) is 108 Å². The van der Waals surface area contributed by atoms with Crippen LogP contribution < -0.4 is 15.5 Å². The monoisotopic (exact) mass is 535 g/mol. The number of likely N-dealkylation sites (tertiary alicyclic amines) is 1. The van der Waals surface area contributed by atoms with Crippen LogP contribution in [0.3, 0.4) is 0 Å². The molecule has 0 radical (unpaired) electrons. The number of nitrogens with one attached hydrogen (secondary N) is 2. The Morgan fingerprint density at radius 1 is 1.13 bits per heavy atom. The summed E-state index contributed by atoms with van der Waals surface area (Å²) in [5.74, 6) is -0.200. The van der Waals surface area contributed by atoms with E-state index in [0.717, 1.165) is 53.8 Å². The molecule has 39 heavy (non-hydrogen) atoms. The van der Waals surface area contributed by atoms with Crippen LogP contribution in [0.4, 0.5) is 21.9 Å². The molecule has 1 atom stereocenters. The van der Waals surface area contributed by atoms with E-state index in [-0.39, 0.29) is 18.0 Å². The first kappa shape index (κ1) is 24.9. The van der Waals surface area contributed by atoms with E-state index >= 15 is 0 Å². The summed E-state index contributed by atoms with van der Waals surface area (Å²) in [4.78, 5) is 36.4. The highest BCUT2D eigenvalue weighted by atomic mass is 32.1. The molecule has 2 aromatic heterocycles. The quantitative estimate of drug-likeness (QED) is 0.266. The second-order valence-electron chi connectivity index (χ2n) is 9.86. The van der Waals surface area contributed by atoms with Gasteiger partial charge in [-0.05, 0) is 54.7 Å². The minimum Gasteiger partial charge on any atom is -0.370 e. The van der Waals surface area contributed by atoms with Crippen molar-refractivity contribution in [1.29, 1.82) is 0 Å². The van der Waals surface area contributed by atoms with Gasteiger partial charge in [0, 0.05) is 31.0 Å². The summed E-state index contributed by atoms with van der Waals surface area (Å²) >= 11 is 1.30. The molecule has 4 aromatic rings. The van der Waals surface area contributed by atoms with E-state index in [9.17, 15) is 9.59 Å². The van der Waals surface area contributed by atoms with Crippen LogP contribution in [0, 0.1) is 0 Å². The molecule has 2 N–H and O–H groups in total. The highest BCUT2D eigenvalue weighted by Crippen LogP contribution is 2.45. The van der Waals surface area contributed by atoms with Gasteiger partial charge in [0.05, 0.1) is 22.4 Å². The Morgan fingerprint density at radius 3 is 2.67 bits per heavy atom. The second-order valence-corrected chi connectivity index (χ2v) is 10.9. The summed E-state index contributed by atoms with van der Waals surface area (Å²) in [5, 5.41) is 6.94. The van der Waals surface area contributed by atoms with Crippen LogP contribution in [-0.4, -0.2) is 41.0 Å². The molecular formula is C31H29N5O2S. The zero-order chi connectivity index (χ0) is 26.9. The Morgan fingerprint density at radius 2 is 1.90 bits per heavy atom. The second kappa shape index (κ2) is 10.4. The number of benzene rings is 2. The number of nitrogens with zero attached hydrogens (tertiary/aromatic N) is 3. The molecule has 2 aliphatic heterocycles. The van der Waals surface area contributed by atoms with Crippen LogP contribution in [0.15, 0.2) is 91.8 Å². The standard InChI is InChI=1S/C31H29N5O2S/c1-3-20(2)35-17-7-10-23(19-35)33-29(37)28-27-26-25(15-16-32-30(26)39-28)36(31(38)34-27)24-13-11-22(12-14-24)18-21-8-5-4-6-9-21/h3-6,8-9,11-16,23H,1-2,7,10,17-19H2,(H,33,37)(H,34,38)/t23-/m1/s1. The van der Waals surface area contributed by atoms with Crippen molar-refractivity contribution in [1.82, 2.24) is 15.2 Å². The Bertz CT molecular complexity index is 1580. The van der Waals surface area contributed by atoms with Crippen molar-refractivity contribution in [2.45, 2.75) is 25.3 Å². The lowest BCUT2D eigenvalue weighted by Gasteiger charge is -2.35. The first-order chi connectivity index (χ1) is 19.0. The maximum Gasteiger partial charge on any atom is 0.331 e. The number of carbonyl (C=O) groups is 2. The van der Waals surface area contributed by atoms with Gasteiger partial charge < -0.3 is 15.5 Å². The van der Waals surface area contributed by atoms with Gasteiger partial charge in [-0.2, -0.15) is 0 Å². The van der Waals surface area contributed by atoms with Crippen LogP contribution in [0.2, 0.25) is 0 Å². The van der Waals surface area contributed by atoms with Crippen LogP contribution in [-0.2, 0) is 6.42 Å². The van der Waals surface area contributed by atoms with Crippen molar-refractivity contribution in [2.75, 3.05) is 23.3 Å². The van der Waals surface area contributed by atoms with E-state index in [2.05, 4.69) is 45.8 Å². The largest absolute Gasteiger partial charge is 0.370 e. The Labute approximate surface area is 231 Å². The summed E-state index contributed by atoms with van der Waals surface area (Å²) in [5.41, 5.74) is 5.26. The molecule has 4 heterocycles. The number of piperidine rings is 1. The van der Waals surface area contributed by atoms with Gasteiger partial charge in [-0.1, -0.05) is 55.6 Å². The topological polar surface area (TPSA) is 77.6 Å². The highest BCUT2D eigenvalue weighted by molar-refractivity contribution is 7.21. The Balaban J connectivity index is 1.27. The fraction of sp³-hybridized carbons (Fsp3) is 0.194. The first-order valence-corrected chi connectivity index (χ1v) is 13.9. The minimum absolute atomic E-state index is 0.0158. The van der Waals surface area contributed by atoms with E-state index < -0.39 is 0 Å². The van der Waals surface area contributed by atoms with E-state index in [4.69, 9.17) is 0 Å². The third-order valence-electron chi connectivity index (χ3n) is 7.30. The third-order valence-corrected chi connectivity index (χ3v) is 8.39. The third kappa shape index (κ3) is 4.79. The molecule has 6 rings (SSSR count). The molecule has 0 unspecified atom stereocenters. The van der Waals surface area contributed by atoms with Gasteiger partial charge >= 0.3 is 6.03 Å². The van der Waals surface area contributed by atoms with Gasteiger partial charge in [-0.3, -0.25) is 9.69 Å². The summed E-state index contributed by atoms with van der Waals surface area (Å²) in [6, 6.07) is 19.8. The summed E-state index contributed by atoms with van der Waals surface area (Å²) in [6.45, 7) is 9.43. The molecule has 0 spiro atoms. The zero-order valence-electron chi connectivity index (χ0n) is 21.5. The molecule has 8 heteroatoms. The van der Waals surface area contributed by atoms with Crippen LogP contribution in [0.25, 0.3) is 10.2 Å². The van der Waals surface area contributed by atoms with Crippen LogP contribution >= 0.6 is 11.3 Å². The van der Waals surface area contributed by atoms with Crippen molar-refractivity contribution < 1.29 is 9.59 Å². The molecule has 0 aliphatic carbocycles. The van der Waals surface area contributed by atoms with Crippen LogP contribution in [0.5, 0.6) is 0 Å². The highest BCUT2D eigenvalue weighted by Gasteiger charge is 2.33. The fourth-order valence-corrected chi connectivity index (χ4v) is 6.35. The number of amides is 3. The van der Waals surface area contributed by atoms with Gasteiger partial charge in [-0.15, -0.1) is 11.3 Å². The molecule has 1 fully saturated rings. The van der Waals surface area contributed by atoms with Crippen molar-refractivity contribution >= 4 is 50.6 Å². The van der Waals surface area contributed by atoms with Crippen molar-refractivity contribution in [3.63, 3.8) is 0 Å². The zero-order valence-corrected chi connectivity index (χ0v) is 22.3. The molecule has 0 saturated carbocycles. The molecular weight excluding hydrogens is 506 g/mol. The van der Waals surface area contributed by atoms with E-state index in [1.54, 1.807) is 17.2 Å². The number of hydrogen-bond acceptors (Lipinski definition) is 5. The number of allylic oxidation sites excluding steroid dienone is 1. The van der Waals surface area contributed by atoms with Gasteiger partial charge in [0.15, 0.2) is 0 Å². The lowest BCUT2D eigenvalue weighted by atomic mass is 10.0. The van der Waals surface area contributed by atoms with Crippen molar-refractivity contribution in [2.24, 2.45) is 0 Å². The molecule has 3 amide bonds. The van der Waals surface area contributed by atoms with E-state index in [1.165, 1.54) is 16.9 Å². The van der Waals surface area contributed by atoms with Gasteiger partial charge in [0.1, 0.15) is 9.71 Å². The number of carbonyl (C=O) groups excluding carboxylic acids is 2. The minimum atomic E-state index is -0.301. The summed E-state index contributed by atoms with van der Waals surface area (Å²) < 4.78 is 0. The molecule has 1 saturated heterocycles. The Kier molecular flexibility index (Phi) is 6.62. The predicted molar refractivity (Wildman–Crippen MR) is 158 cm³/mol. The number of urea groups is 1. The van der Waals surface area contributed by atoms with E-state index in [1.807, 2.05) is 48.5 Å².